The van der Waals surface area contributed by atoms with E-state index in [1.54, 1.807) is 57.6 Å². The molecular formula is C26H27FN4O3S. The van der Waals surface area contributed by atoms with Gasteiger partial charge in [-0.25, -0.2) is 14.4 Å². The highest BCUT2D eigenvalue weighted by molar-refractivity contribution is 7.97. The zero-order valence-corrected chi connectivity index (χ0v) is 20.8. The van der Waals surface area contributed by atoms with Crippen LogP contribution in [0.2, 0.25) is 0 Å². The monoisotopic (exact) mass is 494 g/mol. The van der Waals surface area contributed by atoms with Crippen molar-refractivity contribution >= 4 is 28.8 Å². The maximum atomic E-state index is 14.6. The Balaban J connectivity index is 1.76. The molecule has 0 fully saturated rings. The second-order valence-corrected chi connectivity index (χ2v) is 9.54. The first-order valence-electron chi connectivity index (χ1n) is 11.0. The average molecular weight is 495 g/mol. The van der Waals surface area contributed by atoms with Gasteiger partial charge in [0.25, 0.3) is 5.91 Å². The molecule has 182 valence electrons. The van der Waals surface area contributed by atoms with Crippen molar-refractivity contribution in [3.63, 3.8) is 0 Å². The number of likely N-dealkylation sites (N-methyl/N-ethyl adjacent to an activating group) is 1. The van der Waals surface area contributed by atoms with Crippen LogP contribution in [0.25, 0.3) is 33.4 Å². The summed E-state index contributed by atoms with van der Waals surface area (Å²) in [7, 11) is 1.64. The van der Waals surface area contributed by atoms with Crippen LogP contribution in [-0.2, 0) is 5.60 Å². The molecule has 0 atom stereocenters. The number of fused-ring (bicyclic) bond motifs is 1. The van der Waals surface area contributed by atoms with Gasteiger partial charge in [0.15, 0.2) is 5.82 Å². The van der Waals surface area contributed by atoms with E-state index < -0.39 is 11.4 Å². The number of benzene rings is 2. The number of aromatic nitrogens is 3. The molecule has 0 radical (unpaired) electrons. The van der Waals surface area contributed by atoms with Gasteiger partial charge in [-0.05, 0) is 61.7 Å². The summed E-state index contributed by atoms with van der Waals surface area (Å²) < 4.78 is 16.5. The van der Waals surface area contributed by atoms with E-state index >= 15 is 0 Å². The van der Waals surface area contributed by atoms with Gasteiger partial charge in [0.05, 0.1) is 17.7 Å². The molecule has 2 N–H and O–H groups in total. The smallest absolute Gasteiger partial charge is 0.253 e. The first kappa shape index (κ1) is 24.8. The van der Waals surface area contributed by atoms with Crippen LogP contribution in [0, 0.1) is 5.82 Å². The number of carbonyl (C=O) groups excluding carboxylic acids is 1. The predicted octanol–water partition coefficient (Wildman–Crippen LogP) is 4.32. The zero-order chi connectivity index (χ0) is 25.3. The topological polar surface area (TPSA) is 91.5 Å². The van der Waals surface area contributed by atoms with Crippen LogP contribution in [-0.4, -0.2) is 61.4 Å². The molecule has 0 saturated carbocycles. The van der Waals surface area contributed by atoms with Crippen LogP contribution in [0.1, 0.15) is 29.8 Å². The number of aliphatic hydroxyl groups is 2. The van der Waals surface area contributed by atoms with Crippen molar-refractivity contribution in [1.82, 2.24) is 18.8 Å². The van der Waals surface area contributed by atoms with Crippen molar-refractivity contribution < 1.29 is 19.4 Å². The van der Waals surface area contributed by atoms with E-state index in [1.165, 1.54) is 22.9 Å². The Morgan fingerprint density at radius 1 is 1.14 bits per heavy atom. The van der Waals surface area contributed by atoms with Crippen molar-refractivity contribution in [1.29, 1.82) is 0 Å². The number of nitrogens with zero attached hydrogens (tertiary/aromatic N) is 4. The number of aliphatic hydroxyl groups excluding tert-OH is 1. The van der Waals surface area contributed by atoms with Crippen molar-refractivity contribution in [3.05, 3.63) is 71.9 Å². The Hall–Kier alpha value is -3.27. The van der Waals surface area contributed by atoms with Gasteiger partial charge in [-0.15, -0.1) is 0 Å². The van der Waals surface area contributed by atoms with Crippen molar-refractivity contribution in [2.45, 2.75) is 19.4 Å². The summed E-state index contributed by atoms with van der Waals surface area (Å²) >= 11 is 1.51. The van der Waals surface area contributed by atoms with Crippen LogP contribution in [0.3, 0.4) is 0 Å². The fraction of sp³-hybridized carbons (Fsp3) is 0.269. The summed E-state index contributed by atoms with van der Waals surface area (Å²) in [5.74, 6) is -0.176. The largest absolute Gasteiger partial charge is 0.395 e. The minimum atomic E-state index is -1.11. The number of rotatable bonds is 7. The van der Waals surface area contributed by atoms with Gasteiger partial charge in [0, 0.05) is 66.1 Å². The molecule has 0 saturated heterocycles. The van der Waals surface area contributed by atoms with Gasteiger partial charge in [-0.1, -0.05) is 6.07 Å². The van der Waals surface area contributed by atoms with Crippen molar-refractivity contribution in [2.24, 2.45) is 0 Å². The summed E-state index contributed by atoms with van der Waals surface area (Å²) in [6.07, 6.45) is 6.97. The third-order valence-corrected chi connectivity index (χ3v) is 6.57. The molecule has 35 heavy (non-hydrogen) atoms. The van der Waals surface area contributed by atoms with Crippen LogP contribution < -0.4 is 0 Å². The van der Waals surface area contributed by atoms with E-state index in [1.807, 2.05) is 22.5 Å². The third-order valence-electron chi connectivity index (χ3n) is 5.87. The Bertz CT molecular complexity index is 1380. The average Bonchev–Trinajstić information content (AvgIpc) is 3.21. The summed E-state index contributed by atoms with van der Waals surface area (Å²) in [5.41, 5.74) is 2.43. The highest BCUT2D eigenvalue weighted by Crippen LogP contribution is 2.33. The molecule has 2 heterocycles. The minimum Gasteiger partial charge on any atom is -0.395 e. The molecule has 1 amide bonds. The first-order valence-corrected chi connectivity index (χ1v) is 12.2. The Morgan fingerprint density at radius 2 is 1.86 bits per heavy atom. The molecule has 0 aliphatic rings. The molecule has 4 rings (SSSR count). The highest BCUT2D eigenvalue weighted by Gasteiger charge is 2.20. The molecule has 2 aromatic heterocycles. The van der Waals surface area contributed by atoms with E-state index in [9.17, 15) is 14.3 Å². The first-order chi connectivity index (χ1) is 16.6. The summed E-state index contributed by atoms with van der Waals surface area (Å²) in [5, 5.41) is 20.3. The van der Waals surface area contributed by atoms with Gasteiger partial charge in [0.2, 0.25) is 0 Å². The molecular weight excluding hydrogens is 467 g/mol. The molecule has 0 bridgehead atoms. The van der Waals surface area contributed by atoms with E-state index in [4.69, 9.17) is 5.11 Å². The zero-order valence-electron chi connectivity index (χ0n) is 20.0. The molecule has 2 aromatic carbocycles. The maximum Gasteiger partial charge on any atom is 0.253 e. The number of hydrogen-bond acceptors (Lipinski definition) is 6. The van der Waals surface area contributed by atoms with Gasteiger partial charge >= 0.3 is 0 Å². The SMILES string of the molecule is CSn1cc(-c2ncc(-c3cc(C(C)(C)O)ccc3F)cn2)c2cc(C(=O)N(C)CCO)ccc21. The number of hydrogen-bond donors (Lipinski definition) is 2. The van der Waals surface area contributed by atoms with Gasteiger partial charge in [-0.3, -0.25) is 8.77 Å². The van der Waals surface area contributed by atoms with E-state index in [-0.39, 0.29) is 19.1 Å². The second-order valence-electron chi connectivity index (χ2n) is 8.78. The molecule has 0 aliphatic carbocycles. The van der Waals surface area contributed by atoms with Gasteiger partial charge < -0.3 is 15.1 Å². The van der Waals surface area contributed by atoms with Gasteiger partial charge in [0.1, 0.15) is 5.82 Å². The molecule has 9 heteroatoms. The normalized spacial score (nSPS) is 11.7. The fourth-order valence-corrected chi connectivity index (χ4v) is 4.43. The maximum absolute atomic E-state index is 14.6. The highest BCUT2D eigenvalue weighted by atomic mass is 32.2. The lowest BCUT2D eigenvalue weighted by Gasteiger charge is -2.19. The molecule has 7 nitrogen and oxygen atoms in total. The predicted molar refractivity (Wildman–Crippen MR) is 137 cm³/mol. The quantitative estimate of drug-likeness (QED) is 0.398. The number of carbonyl (C=O) groups is 1. The molecule has 0 unspecified atom stereocenters. The third kappa shape index (κ3) is 4.93. The summed E-state index contributed by atoms with van der Waals surface area (Å²) in [6, 6.07) is 9.93. The fourth-order valence-electron chi connectivity index (χ4n) is 3.87. The Kier molecular flexibility index (Phi) is 6.93. The lowest BCUT2D eigenvalue weighted by atomic mass is 9.95. The molecule has 4 aromatic rings. The van der Waals surface area contributed by atoms with E-state index in [2.05, 4.69) is 9.97 Å². The number of halogens is 1. The van der Waals surface area contributed by atoms with Crippen LogP contribution >= 0.6 is 11.9 Å². The van der Waals surface area contributed by atoms with Crippen molar-refractivity contribution in [2.75, 3.05) is 26.5 Å². The molecule has 0 spiro atoms. The molecule has 0 aliphatic heterocycles. The van der Waals surface area contributed by atoms with Crippen LogP contribution in [0.15, 0.2) is 55.0 Å². The Labute approximate surface area is 207 Å². The lowest BCUT2D eigenvalue weighted by molar-refractivity contribution is 0.0765. The lowest BCUT2D eigenvalue weighted by Crippen LogP contribution is -2.29. The van der Waals surface area contributed by atoms with Crippen LogP contribution in [0.4, 0.5) is 4.39 Å². The standard InChI is InChI=1S/C26H27FN4O3S/c1-26(2,34)18-6-7-22(27)19(12-18)17-13-28-24(29-14-17)21-15-31(35-4)23-8-5-16(11-20(21)23)25(33)30(3)9-10-32/h5-8,11-15,32,34H,9-10H2,1-4H3. The van der Waals surface area contributed by atoms with E-state index in [0.717, 1.165) is 16.5 Å². The summed E-state index contributed by atoms with van der Waals surface area (Å²) in [6.45, 7) is 3.42. The van der Waals surface area contributed by atoms with Crippen molar-refractivity contribution in [3.8, 4) is 22.5 Å². The van der Waals surface area contributed by atoms with Gasteiger partial charge in [-0.2, -0.15) is 0 Å². The number of amides is 1. The summed E-state index contributed by atoms with van der Waals surface area (Å²) in [4.78, 5) is 23.2. The second kappa shape index (κ2) is 9.77. The minimum absolute atomic E-state index is 0.113. The Morgan fingerprint density at radius 3 is 2.49 bits per heavy atom. The van der Waals surface area contributed by atoms with E-state index in [0.29, 0.717) is 28.1 Å². The van der Waals surface area contributed by atoms with Crippen LogP contribution in [0.5, 0.6) is 0 Å².